The Balaban J connectivity index is 0.00000345. The Morgan fingerprint density at radius 1 is 0.778 bits per heavy atom. The number of thiophene rings is 1. The van der Waals surface area contributed by atoms with Gasteiger partial charge in [-0.1, -0.05) is 57.3 Å². The van der Waals surface area contributed by atoms with Gasteiger partial charge in [0.1, 0.15) is 4.88 Å². The van der Waals surface area contributed by atoms with Crippen molar-refractivity contribution < 1.29 is 50.1 Å². The van der Waals surface area contributed by atoms with Crippen LogP contribution in [-0.2, 0) is 24.8 Å². The van der Waals surface area contributed by atoms with Gasteiger partial charge < -0.3 is 13.8 Å². The van der Waals surface area contributed by atoms with Crippen molar-refractivity contribution in [2.45, 2.75) is 59.5 Å². The summed E-state index contributed by atoms with van der Waals surface area (Å²) in [5.41, 5.74) is 0.778. The Hall–Kier alpha value is -2.09. The molecule has 0 radical (unpaired) electrons. The predicted octanol–water partition coefficient (Wildman–Crippen LogP) is 9.81. The van der Waals surface area contributed by atoms with Gasteiger partial charge in [-0.25, -0.2) is 18.0 Å². The van der Waals surface area contributed by atoms with E-state index in [2.05, 4.69) is 4.74 Å². The van der Waals surface area contributed by atoms with Crippen LogP contribution in [0.3, 0.4) is 0 Å². The SMILES string of the molecule is CC.CCCC(=O)SCCOP(Cc1ccc2sc(C(=O)Oc3c(F)c(F)c(F)c(F)c3F)cc2c1)OCCSC(=O)CCC. The fourth-order valence-electron chi connectivity index (χ4n) is 3.53. The van der Waals surface area contributed by atoms with E-state index in [0.29, 0.717) is 40.6 Å². The number of rotatable bonds is 16. The van der Waals surface area contributed by atoms with Crippen LogP contribution < -0.4 is 4.74 Å². The summed E-state index contributed by atoms with van der Waals surface area (Å²) in [5.74, 6) is -13.3. The van der Waals surface area contributed by atoms with Gasteiger partial charge in [0.2, 0.25) is 34.8 Å². The number of carbonyl (C=O) groups is 3. The molecule has 1 aromatic heterocycles. The van der Waals surface area contributed by atoms with E-state index >= 15 is 0 Å². The van der Waals surface area contributed by atoms with Crippen molar-refractivity contribution in [1.29, 1.82) is 0 Å². The molecular weight excluding hydrogens is 678 g/mol. The van der Waals surface area contributed by atoms with Crippen molar-refractivity contribution in [2.24, 2.45) is 0 Å². The predicted molar refractivity (Wildman–Crippen MR) is 172 cm³/mol. The lowest BCUT2D eigenvalue weighted by Crippen LogP contribution is -2.12. The molecule has 15 heteroatoms. The number of carbonyl (C=O) groups excluding carboxylic acids is 3. The molecule has 0 saturated carbocycles. The van der Waals surface area contributed by atoms with Crippen molar-refractivity contribution in [3.63, 3.8) is 0 Å². The Morgan fingerprint density at radius 2 is 1.29 bits per heavy atom. The maximum Gasteiger partial charge on any atom is 0.353 e. The molecule has 0 spiro atoms. The molecule has 248 valence electrons. The number of benzene rings is 2. The smallest absolute Gasteiger partial charge is 0.353 e. The first-order valence-corrected chi connectivity index (χ1v) is 18.3. The Labute approximate surface area is 272 Å². The summed E-state index contributed by atoms with van der Waals surface area (Å²) in [4.78, 5) is 36.0. The minimum Gasteiger partial charge on any atom is -0.416 e. The monoisotopic (exact) mass is 712 g/mol. The lowest BCUT2D eigenvalue weighted by molar-refractivity contribution is -0.111. The van der Waals surface area contributed by atoms with Crippen LogP contribution in [0.2, 0.25) is 0 Å². The Bertz CT molecular complexity index is 1400. The zero-order valence-electron chi connectivity index (χ0n) is 25.2. The third-order valence-electron chi connectivity index (χ3n) is 5.53. The quantitative estimate of drug-likeness (QED) is 0.0276. The summed E-state index contributed by atoms with van der Waals surface area (Å²) in [6, 6.07) is 6.62. The van der Waals surface area contributed by atoms with E-state index in [0.717, 1.165) is 29.7 Å². The highest BCUT2D eigenvalue weighted by Crippen LogP contribution is 2.43. The van der Waals surface area contributed by atoms with Gasteiger partial charge in [-0.2, -0.15) is 8.78 Å². The third kappa shape index (κ3) is 11.9. The fraction of sp³-hybridized carbons (Fsp3) is 0.433. The van der Waals surface area contributed by atoms with Gasteiger partial charge in [0.25, 0.3) is 0 Å². The van der Waals surface area contributed by atoms with Gasteiger partial charge >= 0.3 is 5.97 Å². The van der Waals surface area contributed by atoms with Gasteiger partial charge in [0, 0.05) is 35.2 Å². The van der Waals surface area contributed by atoms with E-state index < -0.39 is 49.2 Å². The first-order valence-electron chi connectivity index (χ1n) is 14.2. The van der Waals surface area contributed by atoms with Gasteiger partial charge in [-0.15, -0.1) is 11.3 Å². The number of fused-ring (bicyclic) bond motifs is 1. The molecule has 2 aromatic carbocycles. The van der Waals surface area contributed by atoms with Crippen molar-refractivity contribution in [3.8, 4) is 5.75 Å². The van der Waals surface area contributed by atoms with E-state index in [4.69, 9.17) is 9.05 Å². The molecule has 0 bridgehead atoms. The molecule has 6 nitrogen and oxygen atoms in total. The molecular formula is C30H34F5O6PS3. The summed E-state index contributed by atoms with van der Waals surface area (Å²) < 4.78 is 85.3. The molecule has 0 saturated heterocycles. The molecule has 0 aliphatic heterocycles. The molecule has 0 atom stereocenters. The molecule has 3 aromatic rings. The molecule has 0 N–H and O–H groups in total. The minimum atomic E-state index is -2.36. The van der Waals surface area contributed by atoms with Gasteiger partial charge in [0.05, 0.1) is 13.2 Å². The topological polar surface area (TPSA) is 78.9 Å². The first kappa shape index (κ1) is 39.1. The molecule has 0 aliphatic carbocycles. The van der Waals surface area contributed by atoms with Crippen molar-refractivity contribution >= 4 is 69.5 Å². The molecule has 3 rings (SSSR count). The summed E-state index contributed by atoms with van der Waals surface area (Å²) in [6.45, 7) is 8.41. The van der Waals surface area contributed by atoms with Crippen LogP contribution in [0, 0.1) is 29.1 Å². The zero-order valence-corrected chi connectivity index (χ0v) is 28.5. The van der Waals surface area contributed by atoms with Crippen LogP contribution in [0.5, 0.6) is 5.75 Å². The minimum absolute atomic E-state index is 0.0830. The average Bonchev–Trinajstić information content (AvgIpc) is 3.46. The van der Waals surface area contributed by atoms with Crippen molar-refractivity contribution in [3.05, 3.63) is 63.8 Å². The lowest BCUT2D eigenvalue weighted by atomic mass is 10.2. The summed E-state index contributed by atoms with van der Waals surface area (Å²) in [6.07, 6.45) is 2.84. The van der Waals surface area contributed by atoms with Crippen molar-refractivity contribution in [2.75, 3.05) is 24.7 Å². The summed E-state index contributed by atoms with van der Waals surface area (Å²) in [5, 5.41) is 0.738. The normalized spacial score (nSPS) is 11.1. The van der Waals surface area contributed by atoms with Crippen molar-refractivity contribution in [1.82, 2.24) is 0 Å². The number of hydrogen-bond donors (Lipinski definition) is 0. The van der Waals surface area contributed by atoms with E-state index in [9.17, 15) is 36.3 Å². The number of thioether (sulfide) groups is 2. The highest BCUT2D eigenvalue weighted by molar-refractivity contribution is 8.13. The highest BCUT2D eigenvalue weighted by Gasteiger charge is 2.29. The van der Waals surface area contributed by atoms with E-state index in [-0.39, 0.29) is 28.3 Å². The number of ether oxygens (including phenoxy) is 1. The maximum atomic E-state index is 14.0. The van der Waals surface area contributed by atoms with E-state index in [1.807, 2.05) is 27.7 Å². The number of halogens is 5. The average molecular weight is 713 g/mol. The second-order valence-electron chi connectivity index (χ2n) is 8.87. The molecule has 0 unspecified atom stereocenters. The van der Waals surface area contributed by atoms with Crippen LogP contribution in [-0.4, -0.2) is 40.9 Å². The fourth-order valence-corrected chi connectivity index (χ4v) is 7.52. The van der Waals surface area contributed by atoms with E-state index in [1.54, 1.807) is 18.2 Å². The molecule has 1 heterocycles. The Kier molecular flexibility index (Phi) is 17.6. The van der Waals surface area contributed by atoms with Crippen LogP contribution in [0.4, 0.5) is 22.0 Å². The largest absolute Gasteiger partial charge is 0.416 e. The zero-order chi connectivity index (χ0) is 33.5. The Morgan fingerprint density at radius 3 is 1.80 bits per heavy atom. The standard InChI is InChI=1S/C28H28F5O6PS3.C2H6/c1-3-5-20(34)41-11-9-37-40(38-10-12-42-21(35)6-4-2)15-16-7-8-18-17(13-16)14-19(43-18)28(36)39-27-25(32)23(30)22(29)24(31)26(27)33;1-2/h7-8,13-14H,3-6,9-12,15H2,1-2H3;1-2H3. The molecule has 0 aliphatic rings. The molecule has 0 amide bonds. The van der Waals surface area contributed by atoms with Crippen LogP contribution >= 0.6 is 43.2 Å². The van der Waals surface area contributed by atoms with Crippen LogP contribution in [0.15, 0.2) is 24.3 Å². The molecule has 45 heavy (non-hydrogen) atoms. The second kappa shape index (κ2) is 20.2. The lowest BCUT2D eigenvalue weighted by Gasteiger charge is -2.17. The third-order valence-corrected chi connectivity index (χ3v) is 9.98. The molecule has 0 fully saturated rings. The van der Waals surface area contributed by atoms with Gasteiger partial charge in [-0.3, -0.25) is 9.59 Å². The number of esters is 1. The summed E-state index contributed by atoms with van der Waals surface area (Å²) in [7, 11) is -1.45. The van der Waals surface area contributed by atoms with E-state index in [1.165, 1.54) is 29.6 Å². The first-order chi connectivity index (χ1) is 21.5. The highest BCUT2D eigenvalue weighted by atomic mass is 32.2. The van der Waals surface area contributed by atoms with Gasteiger partial charge in [0.15, 0.2) is 18.6 Å². The number of hydrogen-bond acceptors (Lipinski definition) is 9. The van der Waals surface area contributed by atoms with Crippen LogP contribution in [0.1, 0.15) is 68.6 Å². The van der Waals surface area contributed by atoms with Crippen LogP contribution in [0.25, 0.3) is 10.1 Å². The van der Waals surface area contributed by atoms with Gasteiger partial charge in [-0.05, 0) is 42.0 Å². The summed E-state index contributed by atoms with van der Waals surface area (Å²) >= 11 is 3.30. The maximum absolute atomic E-state index is 14.0. The second-order valence-corrected chi connectivity index (χ2v) is 13.8.